The second-order valence-corrected chi connectivity index (χ2v) is 12.8. The van der Waals surface area contributed by atoms with Crippen LogP contribution in [0.1, 0.15) is 181 Å². The normalized spacial score (nSPS) is 14.2. The van der Waals surface area contributed by atoms with Gasteiger partial charge in [-0.2, -0.15) is 0 Å². The Hall–Kier alpha value is -1.43. The van der Waals surface area contributed by atoms with Gasteiger partial charge in [-0.1, -0.05) is 166 Å². The first kappa shape index (κ1) is 42.6. The topological polar surface area (TPSA) is 89.8 Å². The number of amides is 1. The minimum atomic E-state index is -1.15. The van der Waals surface area contributed by atoms with Crippen molar-refractivity contribution in [3.8, 4) is 0 Å². The van der Waals surface area contributed by atoms with Crippen LogP contribution in [-0.2, 0) is 4.79 Å². The highest BCUT2D eigenvalue weighted by molar-refractivity contribution is 5.80. The Morgan fingerprint density at radius 3 is 1.41 bits per heavy atom. The van der Waals surface area contributed by atoms with Crippen LogP contribution < -0.4 is 5.32 Å². The van der Waals surface area contributed by atoms with Crippen LogP contribution in [0.3, 0.4) is 0 Å². The summed E-state index contributed by atoms with van der Waals surface area (Å²) in [5.41, 5.74) is 0. The van der Waals surface area contributed by atoms with E-state index in [1.807, 2.05) is 12.2 Å². The number of carbonyl (C=O) groups is 1. The van der Waals surface area contributed by atoms with Gasteiger partial charge in [-0.25, -0.2) is 0 Å². The third-order valence-corrected chi connectivity index (χ3v) is 8.46. The van der Waals surface area contributed by atoms with Gasteiger partial charge in [-0.3, -0.25) is 4.79 Å². The Balaban J connectivity index is 3.73. The fourth-order valence-corrected chi connectivity index (χ4v) is 5.44. The second-order valence-electron chi connectivity index (χ2n) is 12.8. The number of aliphatic hydroxyl groups is 3. The lowest BCUT2D eigenvalue weighted by Crippen LogP contribution is -2.48. The smallest absolute Gasteiger partial charge is 0.249 e. The van der Waals surface area contributed by atoms with Crippen LogP contribution in [0.5, 0.6) is 0 Å². The van der Waals surface area contributed by atoms with Gasteiger partial charge in [0.25, 0.3) is 0 Å². The zero-order valence-electron chi connectivity index (χ0n) is 29.0. The highest BCUT2D eigenvalue weighted by Gasteiger charge is 2.22. The standard InChI is InChI=1S/C39H73NO4/c1-3-5-7-9-11-13-14-15-16-17-18-19-20-21-22-23-24-25-26-28-29-31-33-37(42)36(35-41)40-39(44)38(43)34-32-30-27-12-10-8-6-4-2/h25-27,30-31,33,36-38,41-43H,3-24,28-29,32,34-35H2,1-2H3,(H,40,44)/b26-25+,30-27-,33-31+. The zero-order chi connectivity index (χ0) is 32.4. The summed E-state index contributed by atoms with van der Waals surface area (Å²) in [6.07, 6.45) is 42.0. The predicted octanol–water partition coefficient (Wildman–Crippen LogP) is 10.0. The molecule has 0 saturated carbocycles. The van der Waals surface area contributed by atoms with Gasteiger partial charge in [0.05, 0.1) is 18.8 Å². The van der Waals surface area contributed by atoms with E-state index in [9.17, 15) is 20.1 Å². The molecule has 0 saturated heterocycles. The van der Waals surface area contributed by atoms with Crippen molar-refractivity contribution in [3.05, 3.63) is 36.5 Å². The van der Waals surface area contributed by atoms with Gasteiger partial charge in [-0.15, -0.1) is 0 Å². The molecule has 0 heterocycles. The van der Waals surface area contributed by atoms with Crippen molar-refractivity contribution in [1.29, 1.82) is 0 Å². The molecule has 1 amide bonds. The van der Waals surface area contributed by atoms with E-state index in [1.54, 1.807) is 6.08 Å². The quantitative estimate of drug-likeness (QED) is 0.0435. The molecule has 0 fully saturated rings. The first-order chi connectivity index (χ1) is 21.6. The maximum Gasteiger partial charge on any atom is 0.249 e. The highest BCUT2D eigenvalue weighted by atomic mass is 16.3. The third-order valence-electron chi connectivity index (χ3n) is 8.46. The molecule has 258 valence electrons. The number of nitrogens with one attached hydrogen (secondary N) is 1. The van der Waals surface area contributed by atoms with Crippen molar-refractivity contribution in [2.75, 3.05) is 6.61 Å². The first-order valence-electron chi connectivity index (χ1n) is 18.8. The molecule has 5 heteroatoms. The Morgan fingerprint density at radius 2 is 0.932 bits per heavy atom. The summed E-state index contributed by atoms with van der Waals surface area (Å²) < 4.78 is 0. The summed E-state index contributed by atoms with van der Waals surface area (Å²) in [7, 11) is 0. The first-order valence-corrected chi connectivity index (χ1v) is 18.8. The lowest BCUT2D eigenvalue weighted by Gasteiger charge is -2.21. The molecule has 0 aromatic heterocycles. The van der Waals surface area contributed by atoms with E-state index in [-0.39, 0.29) is 6.61 Å². The van der Waals surface area contributed by atoms with E-state index in [2.05, 4.69) is 37.4 Å². The maximum absolute atomic E-state index is 12.3. The van der Waals surface area contributed by atoms with E-state index < -0.39 is 24.2 Å². The van der Waals surface area contributed by atoms with Gasteiger partial charge in [0.1, 0.15) is 6.10 Å². The summed E-state index contributed by atoms with van der Waals surface area (Å²) in [5, 5.41) is 32.7. The largest absolute Gasteiger partial charge is 0.394 e. The zero-order valence-corrected chi connectivity index (χ0v) is 29.0. The lowest BCUT2D eigenvalue weighted by atomic mass is 10.0. The van der Waals surface area contributed by atoms with Crippen molar-refractivity contribution < 1.29 is 20.1 Å². The molecule has 5 nitrogen and oxygen atoms in total. The van der Waals surface area contributed by atoms with Gasteiger partial charge < -0.3 is 20.6 Å². The van der Waals surface area contributed by atoms with Gasteiger partial charge in [0, 0.05) is 0 Å². The van der Waals surface area contributed by atoms with E-state index in [4.69, 9.17) is 0 Å². The van der Waals surface area contributed by atoms with Crippen LogP contribution in [0, 0.1) is 0 Å². The predicted molar refractivity (Wildman–Crippen MR) is 190 cm³/mol. The van der Waals surface area contributed by atoms with Gasteiger partial charge in [-0.05, 0) is 51.4 Å². The molecule has 0 aromatic carbocycles. The third kappa shape index (κ3) is 29.3. The Labute approximate surface area is 273 Å². The molecule has 0 bridgehead atoms. The summed E-state index contributed by atoms with van der Waals surface area (Å²) in [5.74, 6) is -0.551. The molecule has 0 aromatic rings. The molecule has 0 radical (unpaired) electrons. The summed E-state index contributed by atoms with van der Waals surface area (Å²) >= 11 is 0. The molecule has 0 aliphatic rings. The van der Waals surface area contributed by atoms with Gasteiger partial charge in [0.15, 0.2) is 0 Å². The summed E-state index contributed by atoms with van der Waals surface area (Å²) in [4.78, 5) is 12.3. The minimum absolute atomic E-state index is 0.327. The molecule has 3 atom stereocenters. The minimum Gasteiger partial charge on any atom is -0.394 e. The molecular formula is C39H73NO4. The monoisotopic (exact) mass is 620 g/mol. The molecule has 3 unspecified atom stereocenters. The Morgan fingerprint density at radius 1 is 0.545 bits per heavy atom. The van der Waals surface area contributed by atoms with E-state index >= 15 is 0 Å². The number of hydrogen-bond acceptors (Lipinski definition) is 4. The Bertz CT molecular complexity index is 690. The highest BCUT2D eigenvalue weighted by Crippen LogP contribution is 2.14. The van der Waals surface area contributed by atoms with Crippen LogP contribution in [0.15, 0.2) is 36.5 Å². The van der Waals surface area contributed by atoms with E-state index in [0.717, 1.165) is 25.7 Å². The summed E-state index contributed by atoms with van der Waals surface area (Å²) in [6.45, 7) is 4.09. The number of allylic oxidation sites excluding steroid dienone is 5. The Kier molecular flexibility index (Phi) is 33.3. The van der Waals surface area contributed by atoms with Crippen molar-refractivity contribution in [3.63, 3.8) is 0 Å². The van der Waals surface area contributed by atoms with Crippen molar-refractivity contribution in [2.45, 2.75) is 199 Å². The van der Waals surface area contributed by atoms with Crippen molar-refractivity contribution >= 4 is 5.91 Å². The number of unbranched alkanes of at least 4 members (excludes halogenated alkanes) is 21. The van der Waals surface area contributed by atoms with Gasteiger partial charge >= 0.3 is 0 Å². The van der Waals surface area contributed by atoms with Crippen LogP contribution in [-0.4, -0.2) is 46.1 Å². The second kappa shape index (κ2) is 34.4. The van der Waals surface area contributed by atoms with Crippen LogP contribution in [0.2, 0.25) is 0 Å². The lowest BCUT2D eigenvalue weighted by molar-refractivity contribution is -0.131. The average Bonchev–Trinajstić information content (AvgIpc) is 3.03. The average molecular weight is 620 g/mol. The molecular weight excluding hydrogens is 546 g/mol. The number of rotatable bonds is 33. The van der Waals surface area contributed by atoms with Crippen LogP contribution >= 0.6 is 0 Å². The molecule has 0 rings (SSSR count). The SMILES string of the molecule is CCCCCC/C=C\CCC(O)C(=O)NC(CO)C(O)/C=C/CC/C=C/CCCCCCCCCCCCCCCCCC. The molecule has 0 spiro atoms. The van der Waals surface area contributed by atoms with Crippen LogP contribution in [0.4, 0.5) is 0 Å². The van der Waals surface area contributed by atoms with E-state index in [0.29, 0.717) is 12.8 Å². The van der Waals surface area contributed by atoms with Crippen molar-refractivity contribution in [1.82, 2.24) is 5.32 Å². The van der Waals surface area contributed by atoms with Crippen LogP contribution in [0.25, 0.3) is 0 Å². The molecule has 0 aliphatic carbocycles. The summed E-state index contributed by atoms with van der Waals surface area (Å²) in [6, 6.07) is -0.826. The molecule has 0 aliphatic heterocycles. The fourth-order valence-electron chi connectivity index (χ4n) is 5.44. The van der Waals surface area contributed by atoms with Crippen molar-refractivity contribution in [2.24, 2.45) is 0 Å². The number of carbonyl (C=O) groups excluding carboxylic acids is 1. The molecule has 4 N–H and O–H groups in total. The number of aliphatic hydroxyl groups excluding tert-OH is 3. The fraction of sp³-hybridized carbons (Fsp3) is 0.821. The number of hydrogen-bond donors (Lipinski definition) is 4. The molecule has 44 heavy (non-hydrogen) atoms. The van der Waals surface area contributed by atoms with Gasteiger partial charge in [0.2, 0.25) is 5.91 Å². The van der Waals surface area contributed by atoms with E-state index in [1.165, 1.54) is 128 Å². The maximum atomic E-state index is 12.3.